The van der Waals surface area contributed by atoms with Crippen LogP contribution in [0.5, 0.6) is 0 Å². The van der Waals surface area contributed by atoms with E-state index >= 15 is 0 Å². The van der Waals surface area contributed by atoms with Crippen molar-refractivity contribution < 1.29 is 9.59 Å². The molecule has 0 fully saturated rings. The predicted octanol–water partition coefficient (Wildman–Crippen LogP) is 2.89. The Balaban J connectivity index is 1.64. The van der Waals surface area contributed by atoms with Crippen molar-refractivity contribution in [3.63, 3.8) is 0 Å². The van der Waals surface area contributed by atoms with Crippen molar-refractivity contribution in [2.24, 2.45) is 0 Å². The summed E-state index contributed by atoms with van der Waals surface area (Å²) in [5.41, 5.74) is 2.79. The highest BCUT2D eigenvalue weighted by Gasteiger charge is 2.11. The highest BCUT2D eigenvalue weighted by Crippen LogP contribution is 2.13. The zero-order chi connectivity index (χ0) is 18.5. The molecule has 3 rings (SSSR count). The van der Waals surface area contributed by atoms with Crippen LogP contribution in [0.1, 0.15) is 26.3 Å². The maximum Gasteiger partial charge on any atom is 0.258 e. The van der Waals surface area contributed by atoms with Crippen LogP contribution in [0.15, 0.2) is 67.0 Å². The van der Waals surface area contributed by atoms with Gasteiger partial charge in [-0.1, -0.05) is 30.3 Å². The zero-order valence-corrected chi connectivity index (χ0v) is 14.7. The number of hydrogen-bond donors (Lipinski definition) is 1. The highest BCUT2D eigenvalue weighted by atomic mass is 16.2. The number of nitrogens with zero attached hydrogens (tertiary/aromatic N) is 3. The minimum absolute atomic E-state index is 0.0786. The van der Waals surface area contributed by atoms with Crippen LogP contribution in [0.25, 0.3) is 0 Å². The number of anilines is 1. The van der Waals surface area contributed by atoms with Crippen LogP contribution in [0.2, 0.25) is 0 Å². The monoisotopic (exact) mass is 348 g/mol. The van der Waals surface area contributed by atoms with E-state index in [1.54, 1.807) is 55.4 Å². The van der Waals surface area contributed by atoms with E-state index in [-0.39, 0.29) is 11.8 Å². The zero-order valence-electron chi connectivity index (χ0n) is 14.7. The molecule has 0 spiro atoms. The molecule has 6 nitrogen and oxygen atoms in total. The second kappa shape index (κ2) is 7.65. The summed E-state index contributed by atoms with van der Waals surface area (Å²) in [5.74, 6) is -0.318. The minimum Gasteiger partial charge on any atom is -0.345 e. The third kappa shape index (κ3) is 4.16. The summed E-state index contributed by atoms with van der Waals surface area (Å²) >= 11 is 0. The van der Waals surface area contributed by atoms with E-state index in [4.69, 9.17) is 0 Å². The molecule has 0 atom stereocenters. The molecule has 1 heterocycles. The first-order chi connectivity index (χ1) is 12.5. The standard InChI is InChI=1S/C20H20N4O2/c1-23(2)20(26)16-8-10-18(11-9-16)22-19(25)17-12-21-24(14-17)13-15-6-4-3-5-7-15/h3-12,14H,13H2,1-2H3,(H,22,25). The van der Waals surface area contributed by atoms with Gasteiger partial charge in [0.1, 0.15) is 0 Å². The molecule has 0 radical (unpaired) electrons. The Bertz CT molecular complexity index is 899. The van der Waals surface area contributed by atoms with Crippen molar-refractivity contribution in [1.82, 2.24) is 14.7 Å². The maximum atomic E-state index is 12.4. The van der Waals surface area contributed by atoms with E-state index in [9.17, 15) is 9.59 Å². The van der Waals surface area contributed by atoms with Gasteiger partial charge in [0.05, 0.1) is 18.3 Å². The summed E-state index contributed by atoms with van der Waals surface area (Å²) in [4.78, 5) is 25.8. The van der Waals surface area contributed by atoms with Gasteiger partial charge in [-0.05, 0) is 29.8 Å². The first-order valence-electron chi connectivity index (χ1n) is 8.22. The largest absolute Gasteiger partial charge is 0.345 e. The number of amides is 2. The van der Waals surface area contributed by atoms with Gasteiger partial charge in [-0.2, -0.15) is 5.10 Å². The third-order valence-corrected chi connectivity index (χ3v) is 3.88. The molecule has 0 aliphatic rings. The molecule has 2 amide bonds. The smallest absolute Gasteiger partial charge is 0.258 e. The molecule has 0 saturated carbocycles. The van der Waals surface area contributed by atoms with E-state index in [1.807, 2.05) is 30.3 Å². The van der Waals surface area contributed by atoms with Crippen molar-refractivity contribution in [2.45, 2.75) is 6.54 Å². The van der Waals surface area contributed by atoms with Crippen LogP contribution in [0.4, 0.5) is 5.69 Å². The lowest BCUT2D eigenvalue weighted by atomic mass is 10.2. The molecule has 1 aromatic heterocycles. The van der Waals surface area contributed by atoms with Crippen molar-refractivity contribution >= 4 is 17.5 Å². The van der Waals surface area contributed by atoms with Crippen molar-refractivity contribution in [1.29, 1.82) is 0 Å². The molecule has 132 valence electrons. The molecule has 0 bridgehead atoms. The van der Waals surface area contributed by atoms with Gasteiger partial charge in [-0.15, -0.1) is 0 Å². The normalized spacial score (nSPS) is 10.4. The second-order valence-corrected chi connectivity index (χ2v) is 6.14. The summed E-state index contributed by atoms with van der Waals surface area (Å²) in [6.07, 6.45) is 3.26. The fraction of sp³-hybridized carbons (Fsp3) is 0.150. The number of benzene rings is 2. The van der Waals surface area contributed by atoms with Gasteiger partial charge < -0.3 is 10.2 Å². The molecule has 6 heteroatoms. The van der Waals surface area contributed by atoms with Crippen molar-refractivity contribution in [3.05, 3.63) is 83.7 Å². The number of carbonyl (C=O) groups excluding carboxylic acids is 2. The van der Waals surface area contributed by atoms with Crippen LogP contribution < -0.4 is 5.32 Å². The summed E-state index contributed by atoms with van der Waals surface area (Å²) in [6, 6.07) is 16.7. The molecule has 2 aromatic carbocycles. The first kappa shape index (κ1) is 17.4. The van der Waals surface area contributed by atoms with Crippen LogP contribution in [0.3, 0.4) is 0 Å². The van der Waals surface area contributed by atoms with Crippen LogP contribution in [-0.4, -0.2) is 40.6 Å². The minimum atomic E-state index is -0.240. The Hall–Kier alpha value is -3.41. The number of aromatic nitrogens is 2. The number of carbonyl (C=O) groups is 2. The van der Waals surface area contributed by atoms with Gasteiger partial charge in [-0.3, -0.25) is 14.3 Å². The molecule has 0 aliphatic heterocycles. The van der Waals surface area contributed by atoms with Crippen LogP contribution in [0, 0.1) is 0 Å². The van der Waals surface area contributed by atoms with Crippen LogP contribution >= 0.6 is 0 Å². The molecule has 3 aromatic rings. The van der Waals surface area contributed by atoms with Crippen LogP contribution in [-0.2, 0) is 6.54 Å². The lowest BCUT2D eigenvalue weighted by Crippen LogP contribution is -2.21. The second-order valence-electron chi connectivity index (χ2n) is 6.14. The van der Waals surface area contributed by atoms with Gasteiger partial charge in [-0.25, -0.2) is 0 Å². The Kier molecular flexibility index (Phi) is 5.12. The van der Waals surface area contributed by atoms with Gasteiger partial charge in [0.25, 0.3) is 11.8 Å². The quantitative estimate of drug-likeness (QED) is 0.771. The van der Waals surface area contributed by atoms with E-state index < -0.39 is 0 Å². The molecule has 0 unspecified atom stereocenters. The summed E-state index contributed by atoms with van der Waals surface area (Å²) in [5, 5.41) is 7.05. The topological polar surface area (TPSA) is 67.2 Å². The fourth-order valence-corrected chi connectivity index (χ4v) is 2.50. The first-order valence-corrected chi connectivity index (χ1v) is 8.22. The number of nitrogens with one attached hydrogen (secondary N) is 1. The predicted molar refractivity (Wildman–Crippen MR) is 100 cm³/mol. The van der Waals surface area contributed by atoms with Gasteiger partial charge in [0, 0.05) is 31.5 Å². The van der Waals surface area contributed by atoms with Crippen molar-refractivity contribution in [3.8, 4) is 0 Å². The summed E-state index contributed by atoms with van der Waals surface area (Å²) in [7, 11) is 3.40. The average Bonchev–Trinajstić information content (AvgIpc) is 3.11. The maximum absolute atomic E-state index is 12.4. The summed E-state index contributed by atoms with van der Waals surface area (Å²) < 4.78 is 1.73. The Morgan fingerprint density at radius 3 is 2.35 bits per heavy atom. The van der Waals surface area contributed by atoms with E-state index in [1.165, 1.54) is 4.90 Å². The lowest BCUT2D eigenvalue weighted by Gasteiger charge is -2.10. The molecule has 26 heavy (non-hydrogen) atoms. The van der Waals surface area contributed by atoms with E-state index in [0.29, 0.717) is 23.4 Å². The highest BCUT2D eigenvalue weighted by molar-refractivity contribution is 6.04. The van der Waals surface area contributed by atoms with Gasteiger partial charge in [0.2, 0.25) is 0 Å². The Morgan fingerprint density at radius 2 is 1.69 bits per heavy atom. The third-order valence-electron chi connectivity index (χ3n) is 3.88. The van der Waals surface area contributed by atoms with Gasteiger partial charge in [0.15, 0.2) is 0 Å². The Morgan fingerprint density at radius 1 is 1.00 bits per heavy atom. The average molecular weight is 348 g/mol. The van der Waals surface area contributed by atoms with E-state index in [2.05, 4.69) is 10.4 Å². The van der Waals surface area contributed by atoms with Gasteiger partial charge >= 0.3 is 0 Å². The molecular weight excluding hydrogens is 328 g/mol. The number of hydrogen-bond acceptors (Lipinski definition) is 3. The Labute approximate surface area is 152 Å². The molecule has 0 aliphatic carbocycles. The SMILES string of the molecule is CN(C)C(=O)c1ccc(NC(=O)c2cnn(Cc3ccccc3)c2)cc1. The lowest BCUT2D eigenvalue weighted by molar-refractivity contribution is 0.0827. The van der Waals surface area contributed by atoms with Crippen molar-refractivity contribution in [2.75, 3.05) is 19.4 Å². The number of rotatable bonds is 5. The molecule has 0 saturated heterocycles. The molecular formula is C20H20N4O2. The molecule has 1 N–H and O–H groups in total. The van der Waals surface area contributed by atoms with E-state index in [0.717, 1.165) is 5.56 Å². The summed E-state index contributed by atoms with van der Waals surface area (Å²) in [6.45, 7) is 0.607. The fourth-order valence-electron chi connectivity index (χ4n) is 2.50.